The van der Waals surface area contributed by atoms with Gasteiger partial charge in [-0.1, -0.05) is 43.7 Å². The summed E-state index contributed by atoms with van der Waals surface area (Å²) < 4.78 is 0. The summed E-state index contributed by atoms with van der Waals surface area (Å²) in [6.07, 6.45) is 1.28. The number of hydrogen-bond donors (Lipinski definition) is 2. The molecule has 0 heterocycles. The van der Waals surface area contributed by atoms with Crippen LogP contribution >= 0.6 is 0 Å². The Bertz CT molecular complexity index is 246. The number of rotatable bonds is 5. The van der Waals surface area contributed by atoms with Crippen LogP contribution in [0.5, 0.6) is 0 Å². The zero-order valence-corrected chi connectivity index (χ0v) is 8.56. The SMILES string of the molecule is CCCC(c1ccccc1)[C@@H](O)CO. The topological polar surface area (TPSA) is 40.5 Å². The van der Waals surface area contributed by atoms with E-state index in [1.807, 2.05) is 30.3 Å². The van der Waals surface area contributed by atoms with Crippen molar-refractivity contribution in [3.05, 3.63) is 35.9 Å². The minimum absolute atomic E-state index is 0.0613. The van der Waals surface area contributed by atoms with Gasteiger partial charge in [-0.2, -0.15) is 0 Å². The van der Waals surface area contributed by atoms with Crippen molar-refractivity contribution < 1.29 is 10.2 Å². The van der Waals surface area contributed by atoms with Crippen molar-refractivity contribution in [2.24, 2.45) is 0 Å². The minimum atomic E-state index is -0.641. The molecule has 2 nitrogen and oxygen atoms in total. The Morgan fingerprint density at radius 2 is 1.86 bits per heavy atom. The molecule has 0 amide bonds. The molecule has 2 atom stereocenters. The summed E-state index contributed by atoms with van der Waals surface area (Å²) >= 11 is 0. The van der Waals surface area contributed by atoms with Crippen molar-refractivity contribution in [2.45, 2.75) is 31.8 Å². The zero-order chi connectivity index (χ0) is 10.4. The van der Waals surface area contributed by atoms with E-state index in [1.165, 1.54) is 0 Å². The van der Waals surface area contributed by atoms with Gasteiger partial charge in [0.1, 0.15) is 0 Å². The molecule has 0 saturated carbocycles. The lowest BCUT2D eigenvalue weighted by Crippen LogP contribution is -2.22. The largest absolute Gasteiger partial charge is 0.394 e. The molecule has 1 aromatic carbocycles. The van der Waals surface area contributed by atoms with Crippen LogP contribution in [0, 0.1) is 0 Å². The second-order valence-electron chi connectivity index (χ2n) is 3.56. The molecule has 14 heavy (non-hydrogen) atoms. The van der Waals surface area contributed by atoms with E-state index in [0.29, 0.717) is 0 Å². The lowest BCUT2D eigenvalue weighted by molar-refractivity contribution is 0.0697. The molecule has 2 N–H and O–H groups in total. The van der Waals surface area contributed by atoms with Crippen LogP contribution in [-0.4, -0.2) is 22.9 Å². The first-order valence-corrected chi connectivity index (χ1v) is 5.13. The van der Waals surface area contributed by atoms with Crippen LogP contribution in [-0.2, 0) is 0 Å². The molecule has 1 rings (SSSR count). The van der Waals surface area contributed by atoms with Gasteiger partial charge >= 0.3 is 0 Å². The second-order valence-corrected chi connectivity index (χ2v) is 3.56. The van der Waals surface area contributed by atoms with Crippen molar-refractivity contribution in [1.29, 1.82) is 0 Å². The smallest absolute Gasteiger partial charge is 0.0839 e. The maximum Gasteiger partial charge on any atom is 0.0839 e. The number of aliphatic hydroxyl groups excluding tert-OH is 2. The van der Waals surface area contributed by atoms with Gasteiger partial charge in [0.15, 0.2) is 0 Å². The molecule has 0 radical (unpaired) electrons. The molecule has 78 valence electrons. The summed E-state index contributed by atoms with van der Waals surface area (Å²) in [4.78, 5) is 0. The fourth-order valence-corrected chi connectivity index (χ4v) is 1.72. The Morgan fingerprint density at radius 1 is 1.21 bits per heavy atom. The number of aliphatic hydroxyl groups is 2. The Kier molecular flexibility index (Phi) is 4.63. The normalized spacial score (nSPS) is 15.1. The minimum Gasteiger partial charge on any atom is -0.394 e. The molecular formula is C12H18O2. The van der Waals surface area contributed by atoms with Gasteiger partial charge < -0.3 is 10.2 Å². The van der Waals surface area contributed by atoms with Crippen LogP contribution in [0.3, 0.4) is 0 Å². The second kappa shape index (κ2) is 5.78. The highest BCUT2D eigenvalue weighted by molar-refractivity contribution is 5.20. The van der Waals surface area contributed by atoms with E-state index in [1.54, 1.807) is 0 Å². The standard InChI is InChI=1S/C12H18O2/c1-2-6-11(12(14)9-13)10-7-4-3-5-8-10/h3-5,7-8,11-14H,2,6,9H2,1H3/t11?,12-/m0/s1. The average Bonchev–Trinajstić information content (AvgIpc) is 2.26. The van der Waals surface area contributed by atoms with Crippen LogP contribution in [0.1, 0.15) is 31.2 Å². The van der Waals surface area contributed by atoms with Gasteiger partial charge in [-0.3, -0.25) is 0 Å². The predicted octanol–water partition coefficient (Wildman–Crippen LogP) is 1.92. The quantitative estimate of drug-likeness (QED) is 0.752. The molecule has 0 aromatic heterocycles. The summed E-state index contributed by atoms with van der Waals surface area (Å²) in [5, 5.41) is 18.6. The molecular weight excluding hydrogens is 176 g/mol. The predicted molar refractivity (Wildman–Crippen MR) is 57.2 cm³/mol. The van der Waals surface area contributed by atoms with Gasteiger partial charge in [0.2, 0.25) is 0 Å². The summed E-state index contributed by atoms with van der Waals surface area (Å²) in [5.41, 5.74) is 1.11. The summed E-state index contributed by atoms with van der Waals surface area (Å²) in [6.45, 7) is 1.92. The Labute approximate surface area is 85.2 Å². The van der Waals surface area contributed by atoms with Gasteiger partial charge in [-0.15, -0.1) is 0 Å². The maximum absolute atomic E-state index is 9.65. The molecule has 2 heteroatoms. The zero-order valence-electron chi connectivity index (χ0n) is 8.56. The van der Waals surface area contributed by atoms with E-state index < -0.39 is 6.10 Å². The molecule has 0 aliphatic heterocycles. The lowest BCUT2D eigenvalue weighted by atomic mass is 9.90. The van der Waals surface area contributed by atoms with Gasteiger partial charge in [-0.25, -0.2) is 0 Å². The molecule has 0 aliphatic rings. The summed E-state index contributed by atoms with van der Waals surface area (Å²) in [7, 11) is 0. The van der Waals surface area contributed by atoms with E-state index in [4.69, 9.17) is 5.11 Å². The van der Waals surface area contributed by atoms with Crippen LogP contribution in [0.2, 0.25) is 0 Å². The highest BCUT2D eigenvalue weighted by Crippen LogP contribution is 2.24. The Hall–Kier alpha value is -0.860. The number of hydrogen-bond acceptors (Lipinski definition) is 2. The maximum atomic E-state index is 9.65. The number of benzene rings is 1. The average molecular weight is 194 g/mol. The fraction of sp³-hybridized carbons (Fsp3) is 0.500. The molecule has 1 aromatic rings. The third kappa shape index (κ3) is 2.82. The highest BCUT2D eigenvalue weighted by atomic mass is 16.3. The highest BCUT2D eigenvalue weighted by Gasteiger charge is 2.18. The van der Waals surface area contributed by atoms with E-state index in [9.17, 15) is 5.11 Å². The Balaban J connectivity index is 2.77. The van der Waals surface area contributed by atoms with Crippen molar-refractivity contribution >= 4 is 0 Å². The van der Waals surface area contributed by atoms with Gasteiger partial charge in [0, 0.05) is 5.92 Å². The molecule has 0 bridgehead atoms. The van der Waals surface area contributed by atoms with Crippen molar-refractivity contribution in [2.75, 3.05) is 6.61 Å². The summed E-state index contributed by atoms with van der Waals surface area (Å²) in [6, 6.07) is 9.88. The third-order valence-corrected chi connectivity index (χ3v) is 2.48. The fourth-order valence-electron chi connectivity index (χ4n) is 1.72. The van der Waals surface area contributed by atoms with Gasteiger partial charge in [-0.05, 0) is 12.0 Å². The molecule has 0 fully saturated rings. The van der Waals surface area contributed by atoms with E-state index in [-0.39, 0.29) is 12.5 Å². The van der Waals surface area contributed by atoms with Crippen LogP contribution in [0.4, 0.5) is 0 Å². The first-order chi connectivity index (χ1) is 6.79. The van der Waals surface area contributed by atoms with E-state index >= 15 is 0 Å². The van der Waals surface area contributed by atoms with Crippen LogP contribution in [0.25, 0.3) is 0 Å². The van der Waals surface area contributed by atoms with Crippen LogP contribution < -0.4 is 0 Å². The monoisotopic (exact) mass is 194 g/mol. The molecule has 0 spiro atoms. The van der Waals surface area contributed by atoms with Crippen molar-refractivity contribution in [3.63, 3.8) is 0 Å². The van der Waals surface area contributed by atoms with E-state index in [0.717, 1.165) is 18.4 Å². The molecule has 1 unspecified atom stereocenters. The molecule has 0 aliphatic carbocycles. The third-order valence-electron chi connectivity index (χ3n) is 2.48. The van der Waals surface area contributed by atoms with Crippen LogP contribution in [0.15, 0.2) is 30.3 Å². The van der Waals surface area contributed by atoms with Crippen molar-refractivity contribution in [3.8, 4) is 0 Å². The lowest BCUT2D eigenvalue weighted by Gasteiger charge is -2.21. The summed E-state index contributed by atoms with van der Waals surface area (Å²) in [5.74, 6) is 0.0613. The van der Waals surface area contributed by atoms with Crippen molar-refractivity contribution in [1.82, 2.24) is 0 Å². The van der Waals surface area contributed by atoms with E-state index in [2.05, 4.69) is 6.92 Å². The first-order valence-electron chi connectivity index (χ1n) is 5.13. The Morgan fingerprint density at radius 3 is 2.36 bits per heavy atom. The first kappa shape index (κ1) is 11.2. The van der Waals surface area contributed by atoms with Gasteiger partial charge in [0.25, 0.3) is 0 Å². The van der Waals surface area contributed by atoms with Gasteiger partial charge in [0.05, 0.1) is 12.7 Å². The molecule has 0 saturated heterocycles.